The number of hydrogen-bond acceptors (Lipinski definition) is 0. The van der Waals surface area contributed by atoms with E-state index in [2.05, 4.69) is 0 Å². The van der Waals surface area contributed by atoms with Gasteiger partial charge in [0, 0.05) is 0 Å². The predicted octanol–water partition coefficient (Wildman–Crippen LogP) is -27.0. The summed E-state index contributed by atoms with van der Waals surface area (Å²) in [5.74, 6) is 0. The summed E-state index contributed by atoms with van der Waals surface area (Å²) >= 11 is 0. The zero-order chi connectivity index (χ0) is 0. The smallest absolute Gasteiger partial charge is 1.00 e. The summed E-state index contributed by atoms with van der Waals surface area (Å²) in [6, 6.07) is 0. The van der Waals surface area contributed by atoms with Crippen LogP contribution < -0.4 is 112 Å². The second-order valence-electron chi connectivity index (χ2n) is 0. The minimum atomic E-state index is 0. The Kier molecular flexibility index (Phi) is 2730. The Hall–Kier alpha value is 3.83. The molecule has 0 aromatic rings. The number of hydrogen-bond donors (Lipinski definition) is 0. The van der Waals surface area contributed by atoms with Crippen molar-refractivity contribution in [2.24, 2.45) is 0 Å². The summed E-state index contributed by atoms with van der Waals surface area (Å²) < 4.78 is 0. The Bertz CT molecular complexity index is 9.52. The summed E-state index contributed by atoms with van der Waals surface area (Å²) in [5, 5.41) is 0. The maximum Gasteiger partial charge on any atom is 6.00 e. The maximum atomic E-state index is 0. The van der Waals surface area contributed by atoms with E-state index < -0.39 is 0 Å². The molecule has 0 rings (SSSR count). The van der Waals surface area contributed by atoms with E-state index in [1.54, 1.807) is 0 Å². The molecule has 0 spiro atoms. The van der Waals surface area contributed by atoms with Gasteiger partial charge in [-0.3, -0.25) is 0 Å². The molecule has 0 amide bonds. The van der Waals surface area contributed by atoms with Gasteiger partial charge in [-0.15, -0.1) is 0 Å². The number of halogens is 9. The molecule has 75 valence electrons. The third-order valence-corrected chi connectivity index (χ3v) is 0. The van der Waals surface area contributed by atoms with Gasteiger partial charge in [0.2, 0.25) is 0 Å². The van der Waals surface area contributed by atoms with Gasteiger partial charge in [0.25, 0.3) is 0 Å². The van der Waals surface area contributed by atoms with E-state index in [9.17, 15) is 0 Å². The molecule has 0 bridgehead atoms. The van der Waals surface area contributed by atoms with Crippen molar-refractivity contribution in [1.29, 1.82) is 0 Å². The van der Waals surface area contributed by atoms with Gasteiger partial charge < -0.3 is 112 Å². The van der Waals surface area contributed by atoms with Crippen LogP contribution in [0.15, 0.2) is 0 Å². The minimum Gasteiger partial charge on any atom is -1.00 e. The fourth-order valence-electron chi connectivity index (χ4n) is 0. The van der Waals surface area contributed by atoms with E-state index >= 15 is 0 Å². The van der Waals surface area contributed by atoms with E-state index in [1.165, 1.54) is 0 Å². The van der Waals surface area contributed by atoms with Crippen LogP contribution in [0.5, 0.6) is 0 Å². The van der Waals surface area contributed by atoms with Gasteiger partial charge >= 0.3 is 38.4 Å². The third kappa shape index (κ3) is 132. The largest absolute Gasteiger partial charge is 6.00 e. The van der Waals surface area contributed by atoms with Gasteiger partial charge in [-0.2, -0.15) is 0 Å². The molecule has 0 heterocycles. The molecule has 0 fully saturated rings. The van der Waals surface area contributed by atoms with Gasteiger partial charge in [0.1, 0.15) is 0 Å². The summed E-state index contributed by atoms with van der Waals surface area (Å²) in [5.41, 5.74) is 0. The van der Waals surface area contributed by atoms with Crippen molar-refractivity contribution in [3.05, 3.63) is 0 Å². The van der Waals surface area contributed by atoms with Crippen molar-refractivity contribution in [3.63, 3.8) is 0 Å². The van der Waals surface area contributed by atoms with Crippen molar-refractivity contribution < 1.29 is 150 Å². The van der Waals surface area contributed by atoms with Crippen molar-refractivity contribution in [1.82, 2.24) is 0 Å². The van der Waals surface area contributed by atoms with Gasteiger partial charge in [-0.05, 0) is 0 Å². The van der Waals surface area contributed by atoms with Crippen molar-refractivity contribution >= 4 is 0 Å². The van der Waals surface area contributed by atoms with Crippen LogP contribution in [-0.4, -0.2) is 0 Å². The van der Waals surface area contributed by atoms with E-state index in [4.69, 9.17) is 0 Å². The normalized spacial score (nSPS) is 0. The summed E-state index contributed by atoms with van der Waals surface area (Å²) in [6.45, 7) is 0. The van der Waals surface area contributed by atoms with Crippen LogP contribution >= 0.6 is 0 Å². The standard InChI is InChI=1S/9ClH.Cr.Mo/h9*1H;;/q;;;;;;;;;+3;+6/p-9. The molecular weight excluding hydrogens is 467 g/mol. The van der Waals surface area contributed by atoms with Crippen LogP contribution in [0.4, 0.5) is 0 Å². The molecular formula is Cl9CrMo. The third-order valence-electron chi connectivity index (χ3n) is 0. The Labute approximate surface area is 148 Å². The zero-order valence-corrected chi connectivity index (χ0v) is 14.3. The monoisotopic (exact) mass is 465 g/mol. The Morgan fingerprint density at radius 3 is 0.273 bits per heavy atom. The maximum absolute atomic E-state index is 0. The average molecular weight is 467 g/mol. The van der Waals surface area contributed by atoms with Gasteiger partial charge in [0.15, 0.2) is 0 Å². The van der Waals surface area contributed by atoms with Gasteiger partial charge in [-0.25, -0.2) is 0 Å². The molecule has 0 aromatic carbocycles. The van der Waals surface area contributed by atoms with Crippen LogP contribution in [0.1, 0.15) is 0 Å². The first-order valence-electron chi connectivity index (χ1n) is 0. The molecule has 0 saturated heterocycles. The molecule has 11 heavy (non-hydrogen) atoms. The predicted molar refractivity (Wildman–Crippen MR) is 0 cm³/mol. The molecule has 0 unspecified atom stereocenters. The second-order valence-corrected chi connectivity index (χ2v) is 0. The SMILES string of the molecule is [Cl-].[Cl-].[Cl-].[Cl-].[Cl-].[Cl-].[Cl-].[Cl-].[Cl-].[Cr+3].[Mo+6]. The molecule has 0 saturated carbocycles. The topological polar surface area (TPSA) is 0 Å². The summed E-state index contributed by atoms with van der Waals surface area (Å²) in [6.07, 6.45) is 0. The minimum absolute atomic E-state index is 0. The van der Waals surface area contributed by atoms with Crippen LogP contribution in [0.25, 0.3) is 0 Å². The van der Waals surface area contributed by atoms with Crippen LogP contribution in [0.3, 0.4) is 0 Å². The van der Waals surface area contributed by atoms with Crippen molar-refractivity contribution in [2.45, 2.75) is 0 Å². The fraction of sp³-hybridized carbons (Fsp3) is 0. The fourth-order valence-corrected chi connectivity index (χ4v) is 0. The number of rotatable bonds is 0. The molecule has 0 aliphatic rings. The first-order chi connectivity index (χ1) is 0. The van der Waals surface area contributed by atoms with Crippen LogP contribution in [0.2, 0.25) is 0 Å². The molecule has 1 radical (unpaired) electrons. The van der Waals surface area contributed by atoms with Gasteiger partial charge in [-0.1, -0.05) is 0 Å². The molecule has 0 aliphatic heterocycles. The summed E-state index contributed by atoms with van der Waals surface area (Å²) in [4.78, 5) is 0. The van der Waals surface area contributed by atoms with E-state index in [0.29, 0.717) is 0 Å². The molecule has 11 heteroatoms. The Balaban J connectivity index is 0. The molecule has 0 N–H and O–H groups in total. The zero-order valence-electron chi connectivity index (χ0n) is 4.22. The first kappa shape index (κ1) is 193. The van der Waals surface area contributed by atoms with Crippen LogP contribution in [-0.2, 0) is 38.4 Å². The van der Waals surface area contributed by atoms with E-state index in [0.717, 1.165) is 0 Å². The molecule has 0 nitrogen and oxygen atoms in total. The van der Waals surface area contributed by atoms with Gasteiger partial charge in [0.05, 0.1) is 0 Å². The van der Waals surface area contributed by atoms with Crippen LogP contribution in [0, 0.1) is 0 Å². The summed E-state index contributed by atoms with van der Waals surface area (Å²) in [7, 11) is 0. The van der Waals surface area contributed by atoms with Crippen molar-refractivity contribution in [2.75, 3.05) is 0 Å². The van der Waals surface area contributed by atoms with Crippen molar-refractivity contribution in [3.8, 4) is 0 Å². The molecule has 0 atom stereocenters. The molecule has 0 aliphatic carbocycles. The Morgan fingerprint density at radius 2 is 0.273 bits per heavy atom. The Morgan fingerprint density at radius 1 is 0.273 bits per heavy atom. The van der Waals surface area contributed by atoms with E-state index in [1.807, 2.05) is 0 Å². The average Bonchev–Trinajstić information content (AvgIpc) is 0. The quantitative estimate of drug-likeness (QED) is 0.311. The first-order valence-corrected chi connectivity index (χ1v) is 0. The molecule has 0 aromatic heterocycles. The van der Waals surface area contributed by atoms with E-state index in [-0.39, 0.29) is 150 Å². The second kappa shape index (κ2) is 155.